The molecule has 6 nitrogen and oxygen atoms in total. The van der Waals surface area contributed by atoms with Gasteiger partial charge in [0.25, 0.3) is 0 Å². The summed E-state index contributed by atoms with van der Waals surface area (Å²) < 4.78 is 5.43. The average molecular weight is 293 g/mol. The van der Waals surface area contributed by atoms with E-state index in [-0.39, 0.29) is 24.2 Å². The van der Waals surface area contributed by atoms with E-state index in [0.717, 1.165) is 12.0 Å². The van der Waals surface area contributed by atoms with Gasteiger partial charge in [-0.3, -0.25) is 4.79 Å². The lowest BCUT2D eigenvalue weighted by atomic mass is 10.1. The zero-order valence-electron chi connectivity index (χ0n) is 11.8. The van der Waals surface area contributed by atoms with E-state index >= 15 is 0 Å². The van der Waals surface area contributed by atoms with E-state index in [2.05, 4.69) is 5.32 Å². The Morgan fingerprint density at radius 2 is 2.00 bits per heavy atom. The molecule has 1 heterocycles. The number of aliphatic carboxylic acids is 1. The first-order valence-electron chi connectivity index (χ1n) is 6.92. The molecule has 0 aliphatic carbocycles. The second-order valence-electron chi connectivity index (χ2n) is 5.28. The SMILES string of the molecule is CC1CCC(C(=O)N[C@H](Cc2ccc(O)cc2)C(=O)O)O1. The number of nitrogens with one attached hydrogen (secondary N) is 1. The van der Waals surface area contributed by atoms with E-state index in [1.54, 1.807) is 12.1 Å². The number of amides is 1. The topological polar surface area (TPSA) is 95.9 Å². The Kier molecular flexibility index (Phi) is 4.80. The van der Waals surface area contributed by atoms with Gasteiger partial charge < -0.3 is 20.3 Å². The van der Waals surface area contributed by atoms with Gasteiger partial charge in [0.1, 0.15) is 17.9 Å². The van der Waals surface area contributed by atoms with Gasteiger partial charge in [-0.2, -0.15) is 0 Å². The number of carbonyl (C=O) groups excluding carboxylic acids is 1. The number of phenols is 1. The van der Waals surface area contributed by atoms with Gasteiger partial charge in [-0.05, 0) is 37.5 Å². The van der Waals surface area contributed by atoms with Gasteiger partial charge >= 0.3 is 5.97 Å². The molecule has 1 aromatic carbocycles. The van der Waals surface area contributed by atoms with Crippen LogP contribution in [0.1, 0.15) is 25.3 Å². The number of phenolic OH excluding ortho intramolecular Hbond substituents is 1. The van der Waals surface area contributed by atoms with Crippen LogP contribution in [0.4, 0.5) is 0 Å². The molecule has 3 atom stereocenters. The minimum Gasteiger partial charge on any atom is -0.508 e. The predicted octanol–water partition coefficient (Wildman–Crippen LogP) is 1.07. The molecule has 1 aliphatic heterocycles. The normalized spacial score (nSPS) is 22.7. The third-order valence-electron chi connectivity index (χ3n) is 3.52. The minimum atomic E-state index is -1.09. The highest BCUT2D eigenvalue weighted by atomic mass is 16.5. The summed E-state index contributed by atoms with van der Waals surface area (Å²) >= 11 is 0. The summed E-state index contributed by atoms with van der Waals surface area (Å²) in [6, 6.07) is 5.22. The second-order valence-corrected chi connectivity index (χ2v) is 5.28. The van der Waals surface area contributed by atoms with Crippen LogP contribution in [0.25, 0.3) is 0 Å². The van der Waals surface area contributed by atoms with Gasteiger partial charge in [-0.15, -0.1) is 0 Å². The van der Waals surface area contributed by atoms with Crippen LogP contribution in [-0.2, 0) is 20.7 Å². The number of benzene rings is 1. The van der Waals surface area contributed by atoms with Crippen molar-refractivity contribution in [3.05, 3.63) is 29.8 Å². The maximum absolute atomic E-state index is 12.0. The van der Waals surface area contributed by atoms with E-state index in [1.807, 2.05) is 6.92 Å². The molecular formula is C15H19NO5. The van der Waals surface area contributed by atoms with Crippen molar-refractivity contribution in [1.29, 1.82) is 0 Å². The van der Waals surface area contributed by atoms with Crippen LogP contribution in [0.15, 0.2) is 24.3 Å². The fourth-order valence-corrected chi connectivity index (χ4v) is 2.33. The molecule has 0 saturated carbocycles. The number of carboxylic acid groups (broad SMARTS) is 1. The van der Waals surface area contributed by atoms with Crippen molar-refractivity contribution in [1.82, 2.24) is 5.32 Å². The summed E-state index contributed by atoms with van der Waals surface area (Å²) in [5.41, 5.74) is 0.723. The number of hydrogen-bond donors (Lipinski definition) is 3. The standard InChI is InChI=1S/C15H19NO5/c1-9-2-7-13(21-9)14(18)16-12(15(19)20)8-10-3-5-11(17)6-4-10/h3-6,9,12-13,17H,2,7-8H2,1H3,(H,16,18)(H,19,20)/t9?,12-,13?/m1/s1. The van der Waals surface area contributed by atoms with Crippen LogP contribution in [0, 0.1) is 0 Å². The lowest BCUT2D eigenvalue weighted by Crippen LogP contribution is -2.46. The summed E-state index contributed by atoms with van der Waals surface area (Å²) in [5.74, 6) is -1.36. The molecule has 114 valence electrons. The number of ether oxygens (including phenoxy) is 1. The van der Waals surface area contributed by atoms with E-state index in [9.17, 15) is 19.8 Å². The number of hydrogen-bond acceptors (Lipinski definition) is 4. The molecule has 2 rings (SSSR count). The van der Waals surface area contributed by atoms with Crippen molar-refractivity contribution in [3.8, 4) is 5.75 Å². The highest BCUT2D eigenvalue weighted by Crippen LogP contribution is 2.19. The quantitative estimate of drug-likeness (QED) is 0.754. The summed E-state index contributed by atoms with van der Waals surface area (Å²) in [4.78, 5) is 23.3. The monoisotopic (exact) mass is 293 g/mol. The molecule has 21 heavy (non-hydrogen) atoms. The first-order chi connectivity index (χ1) is 9.95. The highest BCUT2D eigenvalue weighted by molar-refractivity contribution is 5.86. The first-order valence-corrected chi connectivity index (χ1v) is 6.92. The number of aromatic hydroxyl groups is 1. The van der Waals surface area contributed by atoms with Gasteiger partial charge in [-0.25, -0.2) is 4.79 Å². The fraction of sp³-hybridized carbons (Fsp3) is 0.467. The molecule has 0 spiro atoms. The molecule has 0 aromatic heterocycles. The van der Waals surface area contributed by atoms with Crippen LogP contribution >= 0.6 is 0 Å². The van der Waals surface area contributed by atoms with Crippen molar-refractivity contribution < 1.29 is 24.5 Å². The van der Waals surface area contributed by atoms with E-state index in [1.165, 1.54) is 12.1 Å². The van der Waals surface area contributed by atoms with Gasteiger partial charge in [0.2, 0.25) is 5.91 Å². The Balaban J connectivity index is 1.97. The largest absolute Gasteiger partial charge is 0.508 e. The molecule has 6 heteroatoms. The van der Waals surface area contributed by atoms with E-state index < -0.39 is 18.1 Å². The Bertz CT molecular complexity index is 513. The summed E-state index contributed by atoms with van der Waals surface area (Å²) in [6.07, 6.45) is 1.03. The van der Waals surface area contributed by atoms with Gasteiger partial charge in [0.05, 0.1) is 6.10 Å². The lowest BCUT2D eigenvalue weighted by molar-refractivity contribution is -0.144. The molecule has 1 fully saturated rings. The minimum absolute atomic E-state index is 0.0288. The molecule has 0 bridgehead atoms. The van der Waals surface area contributed by atoms with Crippen LogP contribution in [0.2, 0.25) is 0 Å². The third-order valence-corrected chi connectivity index (χ3v) is 3.52. The Morgan fingerprint density at radius 3 is 2.52 bits per heavy atom. The van der Waals surface area contributed by atoms with E-state index in [4.69, 9.17) is 4.74 Å². The fourth-order valence-electron chi connectivity index (χ4n) is 2.33. The van der Waals surface area contributed by atoms with Gasteiger partial charge in [0.15, 0.2) is 0 Å². The van der Waals surface area contributed by atoms with Gasteiger partial charge in [-0.1, -0.05) is 12.1 Å². The van der Waals surface area contributed by atoms with Crippen molar-refractivity contribution in [2.75, 3.05) is 0 Å². The van der Waals surface area contributed by atoms with Crippen molar-refractivity contribution in [3.63, 3.8) is 0 Å². The summed E-state index contributed by atoms with van der Waals surface area (Å²) in [5, 5.41) is 21.0. The zero-order valence-corrected chi connectivity index (χ0v) is 11.8. The van der Waals surface area contributed by atoms with Crippen LogP contribution in [0.3, 0.4) is 0 Å². The number of carbonyl (C=O) groups is 2. The third kappa shape index (κ3) is 4.19. The summed E-state index contributed by atoms with van der Waals surface area (Å²) in [7, 11) is 0. The number of carboxylic acids is 1. The molecule has 1 amide bonds. The molecule has 1 saturated heterocycles. The molecule has 2 unspecified atom stereocenters. The summed E-state index contributed by atoms with van der Waals surface area (Å²) in [6.45, 7) is 1.89. The highest BCUT2D eigenvalue weighted by Gasteiger charge is 2.31. The predicted molar refractivity (Wildman–Crippen MR) is 74.9 cm³/mol. The molecule has 1 aliphatic rings. The molecule has 0 radical (unpaired) electrons. The number of rotatable bonds is 5. The molecular weight excluding hydrogens is 274 g/mol. The Morgan fingerprint density at radius 1 is 1.33 bits per heavy atom. The molecule has 1 aromatic rings. The first kappa shape index (κ1) is 15.3. The average Bonchev–Trinajstić information content (AvgIpc) is 2.87. The molecule has 3 N–H and O–H groups in total. The van der Waals surface area contributed by atoms with Crippen molar-refractivity contribution in [2.45, 2.75) is 44.4 Å². The Labute approximate surface area is 122 Å². The van der Waals surface area contributed by atoms with Gasteiger partial charge in [0, 0.05) is 6.42 Å². The van der Waals surface area contributed by atoms with Crippen LogP contribution in [0.5, 0.6) is 5.75 Å². The van der Waals surface area contributed by atoms with Crippen LogP contribution in [-0.4, -0.2) is 40.3 Å². The van der Waals surface area contributed by atoms with Crippen molar-refractivity contribution in [2.24, 2.45) is 0 Å². The zero-order chi connectivity index (χ0) is 15.4. The van der Waals surface area contributed by atoms with Crippen LogP contribution < -0.4 is 5.32 Å². The maximum atomic E-state index is 12.0. The lowest BCUT2D eigenvalue weighted by Gasteiger charge is -2.17. The van der Waals surface area contributed by atoms with Crippen molar-refractivity contribution >= 4 is 11.9 Å². The second kappa shape index (κ2) is 6.58. The Hall–Kier alpha value is -2.08. The smallest absolute Gasteiger partial charge is 0.326 e. The van der Waals surface area contributed by atoms with E-state index in [0.29, 0.717) is 6.42 Å². The maximum Gasteiger partial charge on any atom is 0.326 e.